The Labute approximate surface area is 83.0 Å². The summed E-state index contributed by atoms with van der Waals surface area (Å²) in [5.41, 5.74) is 3.71. The first-order chi connectivity index (χ1) is 6.84. The highest BCUT2D eigenvalue weighted by Crippen LogP contribution is 2.18. The highest BCUT2D eigenvalue weighted by atomic mass is 15.1. The van der Waals surface area contributed by atoms with Crippen LogP contribution in [0.15, 0.2) is 24.4 Å². The van der Waals surface area contributed by atoms with Crippen LogP contribution in [0.3, 0.4) is 0 Å². The van der Waals surface area contributed by atoms with E-state index in [-0.39, 0.29) is 0 Å². The molecule has 0 radical (unpaired) electrons. The predicted molar refractivity (Wildman–Crippen MR) is 55.2 cm³/mol. The van der Waals surface area contributed by atoms with Crippen molar-refractivity contribution in [2.75, 3.05) is 13.6 Å². The van der Waals surface area contributed by atoms with E-state index in [1.54, 1.807) is 0 Å². The monoisotopic (exact) mass is 187 g/mol. The Morgan fingerprint density at radius 3 is 3.21 bits per heavy atom. The van der Waals surface area contributed by atoms with E-state index in [1.807, 2.05) is 6.07 Å². The highest BCUT2D eigenvalue weighted by molar-refractivity contribution is 5.43. The molecule has 0 aromatic carbocycles. The molecule has 0 aliphatic carbocycles. The summed E-state index contributed by atoms with van der Waals surface area (Å²) in [4.78, 5) is 6.96. The maximum absolute atomic E-state index is 4.62. The van der Waals surface area contributed by atoms with Gasteiger partial charge in [-0.15, -0.1) is 0 Å². The van der Waals surface area contributed by atoms with Crippen molar-refractivity contribution in [3.63, 3.8) is 0 Å². The van der Waals surface area contributed by atoms with E-state index in [1.165, 1.54) is 11.4 Å². The zero-order valence-corrected chi connectivity index (χ0v) is 8.27. The SMILES string of the molecule is CN1CCc2nc3ccccn3c2C1. The molecule has 0 N–H and O–H groups in total. The lowest BCUT2D eigenvalue weighted by Gasteiger charge is -2.21. The van der Waals surface area contributed by atoms with Gasteiger partial charge in [0.15, 0.2) is 0 Å². The van der Waals surface area contributed by atoms with Crippen LogP contribution in [-0.4, -0.2) is 27.9 Å². The standard InChI is InChI=1S/C11H13N3/c1-13-7-5-9-10(8-13)14-6-3-2-4-11(14)12-9/h2-4,6H,5,7-8H2,1H3. The Morgan fingerprint density at radius 2 is 2.29 bits per heavy atom. The fourth-order valence-electron chi connectivity index (χ4n) is 2.09. The van der Waals surface area contributed by atoms with Crippen molar-refractivity contribution in [1.29, 1.82) is 0 Å². The summed E-state index contributed by atoms with van der Waals surface area (Å²) in [6.45, 7) is 2.14. The fourth-order valence-corrected chi connectivity index (χ4v) is 2.09. The van der Waals surface area contributed by atoms with Gasteiger partial charge < -0.3 is 9.30 Å². The van der Waals surface area contributed by atoms with Crippen molar-refractivity contribution in [3.05, 3.63) is 35.8 Å². The first kappa shape index (κ1) is 8.00. The summed E-state index contributed by atoms with van der Waals surface area (Å²) in [7, 11) is 2.16. The normalized spacial score (nSPS) is 17.2. The van der Waals surface area contributed by atoms with Gasteiger partial charge in [0.05, 0.1) is 11.4 Å². The van der Waals surface area contributed by atoms with Gasteiger partial charge in [0.1, 0.15) is 5.65 Å². The topological polar surface area (TPSA) is 20.5 Å². The van der Waals surface area contributed by atoms with E-state index >= 15 is 0 Å². The minimum absolute atomic E-state index is 1.01. The molecule has 3 heteroatoms. The number of hydrogen-bond acceptors (Lipinski definition) is 2. The number of imidazole rings is 1. The molecular formula is C11H13N3. The number of pyridine rings is 1. The molecule has 0 fully saturated rings. The largest absolute Gasteiger partial charge is 0.302 e. The van der Waals surface area contributed by atoms with E-state index in [0.717, 1.165) is 25.2 Å². The van der Waals surface area contributed by atoms with Crippen LogP contribution in [0.5, 0.6) is 0 Å². The number of likely N-dealkylation sites (N-methyl/N-ethyl adjacent to an activating group) is 1. The Balaban J connectivity index is 2.25. The molecule has 1 aliphatic rings. The maximum atomic E-state index is 4.62. The van der Waals surface area contributed by atoms with Gasteiger partial charge in [0.25, 0.3) is 0 Å². The Hall–Kier alpha value is -1.35. The minimum atomic E-state index is 1.01. The van der Waals surface area contributed by atoms with E-state index in [2.05, 4.69) is 39.7 Å². The molecule has 0 spiro atoms. The van der Waals surface area contributed by atoms with Gasteiger partial charge >= 0.3 is 0 Å². The zero-order valence-electron chi connectivity index (χ0n) is 8.27. The number of aromatic nitrogens is 2. The highest BCUT2D eigenvalue weighted by Gasteiger charge is 2.18. The lowest BCUT2D eigenvalue weighted by atomic mass is 10.1. The third-order valence-corrected chi connectivity index (χ3v) is 2.86. The third-order valence-electron chi connectivity index (χ3n) is 2.86. The second kappa shape index (κ2) is 2.82. The summed E-state index contributed by atoms with van der Waals surface area (Å²) in [6.07, 6.45) is 3.17. The van der Waals surface area contributed by atoms with Crippen molar-refractivity contribution in [2.45, 2.75) is 13.0 Å². The molecule has 3 rings (SSSR count). The maximum Gasteiger partial charge on any atom is 0.137 e. The number of nitrogens with zero attached hydrogens (tertiary/aromatic N) is 3. The lowest BCUT2D eigenvalue weighted by molar-refractivity contribution is 0.306. The molecule has 2 aromatic rings. The van der Waals surface area contributed by atoms with Crippen LogP contribution in [0.2, 0.25) is 0 Å². The predicted octanol–water partition coefficient (Wildman–Crippen LogP) is 1.32. The molecule has 0 saturated carbocycles. The average molecular weight is 187 g/mol. The van der Waals surface area contributed by atoms with Gasteiger partial charge in [-0.3, -0.25) is 0 Å². The van der Waals surface area contributed by atoms with Crippen LogP contribution in [0, 0.1) is 0 Å². The van der Waals surface area contributed by atoms with Gasteiger partial charge in [-0.25, -0.2) is 4.98 Å². The molecule has 14 heavy (non-hydrogen) atoms. The van der Waals surface area contributed by atoms with Crippen molar-refractivity contribution in [2.24, 2.45) is 0 Å². The van der Waals surface area contributed by atoms with Crippen molar-refractivity contribution in [3.8, 4) is 0 Å². The van der Waals surface area contributed by atoms with E-state index < -0.39 is 0 Å². The summed E-state index contributed by atoms with van der Waals surface area (Å²) in [5, 5.41) is 0. The number of fused-ring (bicyclic) bond motifs is 3. The van der Waals surface area contributed by atoms with Crippen LogP contribution >= 0.6 is 0 Å². The quantitative estimate of drug-likeness (QED) is 0.620. The zero-order chi connectivity index (χ0) is 9.54. The fraction of sp³-hybridized carbons (Fsp3) is 0.364. The molecule has 0 bridgehead atoms. The molecule has 0 saturated heterocycles. The second-order valence-corrected chi connectivity index (χ2v) is 3.92. The van der Waals surface area contributed by atoms with E-state index in [9.17, 15) is 0 Å². The molecule has 3 heterocycles. The Bertz CT molecular complexity index is 472. The molecule has 3 nitrogen and oxygen atoms in total. The average Bonchev–Trinajstić information content (AvgIpc) is 2.56. The molecule has 0 amide bonds. The van der Waals surface area contributed by atoms with Gasteiger partial charge in [-0.05, 0) is 19.2 Å². The van der Waals surface area contributed by atoms with Gasteiger partial charge in [-0.2, -0.15) is 0 Å². The summed E-state index contributed by atoms with van der Waals surface area (Å²) < 4.78 is 2.20. The molecule has 1 aliphatic heterocycles. The minimum Gasteiger partial charge on any atom is -0.302 e. The van der Waals surface area contributed by atoms with Crippen LogP contribution in [0.25, 0.3) is 5.65 Å². The van der Waals surface area contributed by atoms with Gasteiger partial charge in [0, 0.05) is 25.7 Å². The van der Waals surface area contributed by atoms with Crippen LogP contribution in [0.1, 0.15) is 11.4 Å². The Morgan fingerprint density at radius 1 is 1.36 bits per heavy atom. The van der Waals surface area contributed by atoms with Crippen LogP contribution in [-0.2, 0) is 13.0 Å². The lowest BCUT2D eigenvalue weighted by Crippen LogP contribution is -2.27. The smallest absolute Gasteiger partial charge is 0.137 e. The van der Waals surface area contributed by atoms with E-state index in [4.69, 9.17) is 0 Å². The summed E-state index contributed by atoms with van der Waals surface area (Å²) in [6, 6.07) is 6.17. The molecule has 0 unspecified atom stereocenters. The second-order valence-electron chi connectivity index (χ2n) is 3.92. The first-order valence-corrected chi connectivity index (χ1v) is 4.98. The molecule has 2 aromatic heterocycles. The van der Waals surface area contributed by atoms with Crippen LogP contribution in [0.4, 0.5) is 0 Å². The van der Waals surface area contributed by atoms with Gasteiger partial charge in [0.2, 0.25) is 0 Å². The van der Waals surface area contributed by atoms with Gasteiger partial charge in [-0.1, -0.05) is 6.07 Å². The number of hydrogen-bond donors (Lipinski definition) is 0. The summed E-state index contributed by atoms with van der Waals surface area (Å²) in [5.74, 6) is 0. The third kappa shape index (κ3) is 1.06. The van der Waals surface area contributed by atoms with E-state index in [0.29, 0.717) is 0 Å². The summed E-state index contributed by atoms with van der Waals surface area (Å²) >= 11 is 0. The number of rotatable bonds is 0. The first-order valence-electron chi connectivity index (χ1n) is 4.98. The Kier molecular flexibility index (Phi) is 1.61. The van der Waals surface area contributed by atoms with Crippen molar-refractivity contribution in [1.82, 2.24) is 14.3 Å². The van der Waals surface area contributed by atoms with Crippen molar-refractivity contribution < 1.29 is 0 Å². The molecule has 0 atom stereocenters. The van der Waals surface area contributed by atoms with Crippen molar-refractivity contribution >= 4 is 5.65 Å². The molecule has 72 valence electrons. The van der Waals surface area contributed by atoms with Crippen LogP contribution < -0.4 is 0 Å². The molecular weight excluding hydrogens is 174 g/mol.